The normalized spacial score (nSPS) is 18.4. The van der Waals surface area contributed by atoms with Crippen molar-refractivity contribution in [3.8, 4) is 16.2 Å². The van der Waals surface area contributed by atoms with Crippen LogP contribution in [-0.4, -0.2) is 50.7 Å². The Hall–Kier alpha value is -3.43. The number of fused-ring (bicyclic) bond motifs is 2. The number of likely N-dealkylation sites (tertiary alicyclic amines) is 1. The van der Waals surface area contributed by atoms with Crippen LogP contribution in [-0.2, 0) is 10.4 Å². The highest BCUT2D eigenvalue weighted by atomic mass is 32.1. The molecule has 33 heavy (non-hydrogen) atoms. The monoisotopic (exact) mass is 463 g/mol. The molecule has 3 N–H and O–H groups in total. The van der Waals surface area contributed by atoms with Gasteiger partial charge in [-0.05, 0) is 43.2 Å². The number of hydrogen-bond acceptors (Lipinski definition) is 7. The molecule has 0 bridgehead atoms. The summed E-state index contributed by atoms with van der Waals surface area (Å²) in [5.41, 5.74) is 9.34. The molecule has 170 valence electrons. The smallest absolute Gasteiger partial charge is 0.246 e. The Morgan fingerprint density at radius 2 is 2.15 bits per heavy atom. The molecule has 1 amide bonds. The Kier molecular flexibility index (Phi) is 4.91. The lowest BCUT2D eigenvalue weighted by atomic mass is 9.98. The van der Waals surface area contributed by atoms with Crippen LogP contribution >= 0.6 is 11.3 Å². The first kappa shape index (κ1) is 21.4. The number of methoxy groups -OCH3 is 1. The summed E-state index contributed by atoms with van der Waals surface area (Å²) in [5.74, 6) is 0.946. The lowest BCUT2D eigenvalue weighted by Gasteiger charge is -2.22. The number of carbonyl (C=O) groups is 1. The topological polar surface area (TPSA) is 106 Å². The first-order chi connectivity index (χ1) is 15.8. The van der Waals surface area contributed by atoms with Gasteiger partial charge in [-0.15, -0.1) is 11.3 Å². The molecular weight excluding hydrogens is 438 g/mol. The highest BCUT2D eigenvalue weighted by molar-refractivity contribution is 7.23. The molecule has 1 aliphatic rings. The number of aliphatic hydroxyl groups is 1. The SMILES string of the molecule is C=CC(=O)N1CC[C@](O)(c2cc(-c3sc4c(OC)cc(C)cc4c3C)c3c(N)ncnn23)C1. The number of anilines is 1. The molecule has 4 aromatic rings. The minimum atomic E-state index is -1.26. The Bertz CT molecular complexity index is 1440. The molecular formula is C24H25N5O3S. The van der Waals surface area contributed by atoms with Gasteiger partial charge in [0.25, 0.3) is 0 Å². The summed E-state index contributed by atoms with van der Waals surface area (Å²) >= 11 is 1.62. The van der Waals surface area contributed by atoms with Crippen LogP contribution in [0.2, 0.25) is 0 Å². The minimum absolute atomic E-state index is 0.158. The maximum Gasteiger partial charge on any atom is 0.246 e. The molecule has 1 fully saturated rings. The molecule has 0 unspecified atom stereocenters. The molecule has 0 spiro atoms. The fourth-order valence-electron chi connectivity index (χ4n) is 4.73. The Morgan fingerprint density at radius 3 is 2.88 bits per heavy atom. The summed E-state index contributed by atoms with van der Waals surface area (Å²) in [6.07, 6.45) is 3.04. The number of carbonyl (C=O) groups excluding carboxylic acids is 1. The van der Waals surface area contributed by atoms with Gasteiger partial charge < -0.3 is 20.5 Å². The van der Waals surface area contributed by atoms with Crippen LogP contribution in [0.1, 0.15) is 23.2 Å². The predicted molar refractivity (Wildman–Crippen MR) is 130 cm³/mol. The van der Waals surface area contributed by atoms with E-state index < -0.39 is 5.60 Å². The van der Waals surface area contributed by atoms with E-state index in [0.717, 1.165) is 37.4 Å². The number of β-amino-alcohol motifs (C(OH)–C–C–N with tert-alkyl or cyclic N) is 1. The molecule has 9 heteroatoms. The lowest BCUT2D eigenvalue weighted by Crippen LogP contribution is -2.34. The highest BCUT2D eigenvalue weighted by Gasteiger charge is 2.42. The fraction of sp³-hybridized carbons (Fsp3) is 0.292. The van der Waals surface area contributed by atoms with Crippen molar-refractivity contribution in [1.82, 2.24) is 19.5 Å². The summed E-state index contributed by atoms with van der Waals surface area (Å²) in [7, 11) is 1.67. The van der Waals surface area contributed by atoms with Crippen LogP contribution in [0.25, 0.3) is 26.0 Å². The van der Waals surface area contributed by atoms with E-state index in [-0.39, 0.29) is 12.5 Å². The number of aromatic nitrogens is 3. The second-order valence-electron chi connectivity index (χ2n) is 8.49. The summed E-state index contributed by atoms with van der Waals surface area (Å²) in [6, 6.07) is 6.10. The van der Waals surface area contributed by atoms with Crippen LogP contribution in [0, 0.1) is 13.8 Å². The van der Waals surface area contributed by atoms with Gasteiger partial charge in [0.05, 0.1) is 24.0 Å². The standard InChI is InChI=1S/C24H25N5O3S/c1-5-19(30)28-7-6-24(31,11-28)18-10-16(20-23(25)26-12-27-29(18)20)21-14(3)15-8-13(2)9-17(32-4)22(15)33-21/h5,8-10,12,31H,1,6-7,11H2,2-4H3,(H2,25,26,27)/t24-/m1/s1. The molecule has 3 aromatic heterocycles. The Balaban J connectivity index is 1.74. The van der Waals surface area contributed by atoms with Gasteiger partial charge in [0.2, 0.25) is 5.91 Å². The van der Waals surface area contributed by atoms with Gasteiger partial charge in [-0.1, -0.05) is 12.6 Å². The largest absolute Gasteiger partial charge is 0.495 e. The van der Waals surface area contributed by atoms with E-state index in [0.29, 0.717) is 30.0 Å². The van der Waals surface area contributed by atoms with Gasteiger partial charge in [0.15, 0.2) is 5.82 Å². The fourth-order valence-corrected chi connectivity index (χ4v) is 6.02. The van der Waals surface area contributed by atoms with Crippen LogP contribution < -0.4 is 10.5 Å². The van der Waals surface area contributed by atoms with Crippen molar-refractivity contribution >= 4 is 38.7 Å². The second-order valence-corrected chi connectivity index (χ2v) is 9.52. The summed E-state index contributed by atoms with van der Waals surface area (Å²) in [6.45, 7) is 8.27. The van der Waals surface area contributed by atoms with E-state index in [1.807, 2.05) is 19.1 Å². The molecule has 8 nitrogen and oxygen atoms in total. The van der Waals surface area contributed by atoms with Crippen LogP contribution in [0.15, 0.2) is 37.2 Å². The number of nitrogen functional groups attached to an aromatic ring is 1. The summed E-state index contributed by atoms with van der Waals surface area (Å²) in [5, 5.41) is 17.1. The van der Waals surface area contributed by atoms with Crippen LogP contribution in [0.5, 0.6) is 5.75 Å². The number of thiophene rings is 1. The quantitative estimate of drug-likeness (QED) is 0.449. The molecule has 0 saturated carbocycles. The van der Waals surface area contributed by atoms with E-state index in [1.54, 1.807) is 27.9 Å². The molecule has 4 heterocycles. The Labute approximate surface area is 194 Å². The average molecular weight is 464 g/mol. The summed E-state index contributed by atoms with van der Waals surface area (Å²) in [4.78, 5) is 19.0. The van der Waals surface area contributed by atoms with Crippen molar-refractivity contribution in [2.45, 2.75) is 25.9 Å². The van der Waals surface area contributed by atoms with Crippen LogP contribution in [0.3, 0.4) is 0 Å². The van der Waals surface area contributed by atoms with Crippen molar-refractivity contribution in [2.75, 3.05) is 25.9 Å². The number of rotatable bonds is 4. The Morgan fingerprint density at radius 1 is 1.36 bits per heavy atom. The zero-order valence-corrected chi connectivity index (χ0v) is 19.6. The van der Waals surface area contributed by atoms with Crippen LogP contribution in [0.4, 0.5) is 5.82 Å². The van der Waals surface area contributed by atoms with Gasteiger partial charge >= 0.3 is 0 Å². The maximum atomic E-state index is 12.1. The van der Waals surface area contributed by atoms with E-state index in [1.165, 1.54) is 12.4 Å². The molecule has 1 atom stereocenters. The summed E-state index contributed by atoms with van der Waals surface area (Å²) < 4.78 is 8.35. The predicted octanol–water partition coefficient (Wildman–Crippen LogP) is 3.42. The highest BCUT2D eigenvalue weighted by Crippen LogP contribution is 2.46. The molecule has 0 radical (unpaired) electrons. The third-order valence-corrected chi connectivity index (χ3v) is 7.76. The zero-order chi connectivity index (χ0) is 23.5. The van der Waals surface area contributed by atoms with Gasteiger partial charge in [-0.25, -0.2) is 9.50 Å². The maximum absolute atomic E-state index is 12.1. The number of hydrogen-bond donors (Lipinski definition) is 2. The minimum Gasteiger partial charge on any atom is -0.495 e. The molecule has 0 aliphatic carbocycles. The van der Waals surface area contributed by atoms with Crippen molar-refractivity contribution in [3.63, 3.8) is 0 Å². The van der Waals surface area contributed by atoms with Gasteiger partial charge in [-0.3, -0.25) is 4.79 Å². The van der Waals surface area contributed by atoms with Gasteiger partial charge in [-0.2, -0.15) is 5.10 Å². The van der Waals surface area contributed by atoms with Crippen molar-refractivity contribution in [2.24, 2.45) is 0 Å². The lowest BCUT2D eigenvalue weighted by molar-refractivity contribution is -0.126. The number of nitrogens with two attached hydrogens (primary N) is 1. The van der Waals surface area contributed by atoms with E-state index in [2.05, 4.69) is 29.7 Å². The molecule has 1 aliphatic heterocycles. The van der Waals surface area contributed by atoms with E-state index >= 15 is 0 Å². The third kappa shape index (κ3) is 3.19. The molecule has 1 aromatic carbocycles. The number of amides is 1. The number of ether oxygens (including phenoxy) is 1. The first-order valence-electron chi connectivity index (χ1n) is 10.6. The third-order valence-electron chi connectivity index (χ3n) is 6.41. The molecule has 5 rings (SSSR count). The van der Waals surface area contributed by atoms with Gasteiger partial charge in [0.1, 0.15) is 23.2 Å². The van der Waals surface area contributed by atoms with Crippen molar-refractivity contribution in [1.29, 1.82) is 0 Å². The second kappa shape index (κ2) is 7.57. The average Bonchev–Trinajstić information content (AvgIpc) is 3.48. The van der Waals surface area contributed by atoms with E-state index in [4.69, 9.17) is 10.5 Å². The first-order valence-corrected chi connectivity index (χ1v) is 11.4. The zero-order valence-electron chi connectivity index (χ0n) is 18.8. The van der Waals surface area contributed by atoms with Crippen molar-refractivity contribution < 1.29 is 14.6 Å². The van der Waals surface area contributed by atoms with Gasteiger partial charge in [0, 0.05) is 28.8 Å². The molecule has 1 saturated heterocycles. The van der Waals surface area contributed by atoms with E-state index in [9.17, 15) is 9.90 Å². The number of aryl methyl sites for hydroxylation is 2. The number of nitrogens with zero attached hydrogens (tertiary/aromatic N) is 4. The van der Waals surface area contributed by atoms with Crippen molar-refractivity contribution in [3.05, 3.63) is 54.0 Å². The number of benzene rings is 1.